The van der Waals surface area contributed by atoms with Gasteiger partial charge >= 0.3 is 0 Å². The molecule has 2 aliphatic rings. The second-order valence-corrected chi connectivity index (χ2v) is 5.75. The number of hydrogen-bond donors (Lipinski definition) is 1. The van der Waals surface area contributed by atoms with Crippen LogP contribution in [0, 0.1) is 5.92 Å². The van der Waals surface area contributed by atoms with Gasteiger partial charge in [0.05, 0.1) is 11.0 Å². The monoisotopic (exact) mass is 224 g/mol. The van der Waals surface area contributed by atoms with Crippen molar-refractivity contribution in [1.29, 1.82) is 0 Å². The summed E-state index contributed by atoms with van der Waals surface area (Å²) in [5, 5.41) is 10.6. The number of nitrogens with zero attached hydrogens (tertiary/aromatic N) is 2. The van der Waals surface area contributed by atoms with Crippen LogP contribution in [0.2, 0.25) is 0 Å². The average molecular weight is 224 g/mol. The minimum absolute atomic E-state index is 0.379. The molecule has 1 aliphatic carbocycles. The van der Waals surface area contributed by atoms with Crippen molar-refractivity contribution in [2.75, 3.05) is 11.4 Å². The van der Waals surface area contributed by atoms with Crippen LogP contribution < -0.4 is 4.90 Å². The number of rotatable bonds is 2. The fraction of sp³-hybridized carbons (Fsp3) is 0.727. The van der Waals surface area contributed by atoms with E-state index >= 15 is 0 Å². The van der Waals surface area contributed by atoms with E-state index in [0.717, 1.165) is 22.0 Å². The van der Waals surface area contributed by atoms with Crippen molar-refractivity contribution in [1.82, 2.24) is 4.98 Å². The Kier molecular flexibility index (Phi) is 2.21. The molecule has 1 N–H and O–H groups in total. The molecule has 82 valence electrons. The first-order valence-corrected chi connectivity index (χ1v) is 6.46. The van der Waals surface area contributed by atoms with Crippen LogP contribution in [0.4, 0.5) is 5.13 Å². The van der Waals surface area contributed by atoms with Crippen LogP contribution >= 0.6 is 11.3 Å². The summed E-state index contributed by atoms with van der Waals surface area (Å²) in [5.74, 6) is 0.897. The van der Waals surface area contributed by atoms with Gasteiger partial charge in [-0.05, 0) is 32.1 Å². The Hall–Kier alpha value is -0.610. The zero-order valence-electron chi connectivity index (χ0n) is 8.89. The van der Waals surface area contributed by atoms with Gasteiger partial charge in [-0.3, -0.25) is 0 Å². The largest absolute Gasteiger partial charge is 0.388 e. The molecule has 4 heteroatoms. The summed E-state index contributed by atoms with van der Waals surface area (Å²) >= 11 is 1.64. The van der Waals surface area contributed by atoms with E-state index in [-0.39, 0.29) is 6.10 Å². The van der Waals surface area contributed by atoms with E-state index < -0.39 is 0 Å². The molecule has 0 spiro atoms. The smallest absolute Gasteiger partial charge is 0.185 e. The Balaban J connectivity index is 1.81. The Bertz CT molecular complexity index is 363. The van der Waals surface area contributed by atoms with Gasteiger partial charge in [0.25, 0.3) is 0 Å². The zero-order valence-corrected chi connectivity index (χ0v) is 9.70. The molecule has 0 radical (unpaired) electrons. The van der Waals surface area contributed by atoms with Crippen molar-refractivity contribution in [3.05, 3.63) is 11.1 Å². The third-order valence-electron chi connectivity index (χ3n) is 3.58. The van der Waals surface area contributed by atoms with E-state index in [4.69, 9.17) is 0 Å². The first-order valence-electron chi connectivity index (χ1n) is 5.64. The molecule has 0 amide bonds. The molecule has 3 atom stereocenters. The molecule has 2 bridgehead atoms. The number of hydrogen-bond acceptors (Lipinski definition) is 4. The molecule has 3 unspecified atom stereocenters. The number of aromatic nitrogens is 1. The molecule has 0 aromatic carbocycles. The van der Waals surface area contributed by atoms with Gasteiger partial charge in [0.2, 0.25) is 0 Å². The van der Waals surface area contributed by atoms with Crippen LogP contribution in [-0.2, 0) is 0 Å². The summed E-state index contributed by atoms with van der Waals surface area (Å²) < 4.78 is 0. The van der Waals surface area contributed by atoms with Crippen LogP contribution in [0.3, 0.4) is 0 Å². The predicted molar refractivity (Wildman–Crippen MR) is 61.2 cm³/mol. The van der Waals surface area contributed by atoms with Crippen molar-refractivity contribution in [3.63, 3.8) is 0 Å². The lowest BCUT2D eigenvalue weighted by Gasteiger charge is -2.26. The summed E-state index contributed by atoms with van der Waals surface area (Å²) in [4.78, 5) is 7.84. The minimum Gasteiger partial charge on any atom is -0.388 e. The summed E-state index contributed by atoms with van der Waals surface area (Å²) in [6.45, 7) is 2.98. The van der Waals surface area contributed by atoms with Gasteiger partial charge in [-0.15, -0.1) is 0 Å². The quantitative estimate of drug-likeness (QED) is 0.836. The average Bonchev–Trinajstić information content (AvgIpc) is 2.93. The van der Waals surface area contributed by atoms with Crippen molar-refractivity contribution in [2.45, 2.75) is 38.3 Å². The SMILES string of the molecule is CC(O)c1cnc(N2CC3CCC2C3)s1. The van der Waals surface area contributed by atoms with Crippen LogP contribution in [0.1, 0.15) is 37.2 Å². The lowest BCUT2D eigenvalue weighted by Crippen LogP contribution is -2.31. The maximum absolute atomic E-state index is 9.46. The van der Waals surface area contributed by atoms with Gasteiger partial charge in [0, 0.05) is 18.8 Å². The molecule has 1 aliphatic heterocycles. The molecular weight excluding hydrogens is 208 g/mol. The minimum atomic E-state index is -0.379. The highest BCUT2D eigenvalue weighted by molar-refractivity contribution is 7.15. The third-order valence-corrected chi connectivity index (χ3v) is 4.78. The summed E-state index contributed by atoms with van der Waals surface area (Å²) in [6, 6.07) is 0.725. The fourth-order valence-corrected chi connectivity index (χ4v) is 3.69. The molecule has 1 aromatic rings. The van der Waals surface area contributed by atoms with Crippen LogP contribution in [0.15, 0.2) is 6.20 Å². The molecule has 3 rings (SSSR count). The molecule has 15 heavy (non-hydrogen) atoms. The summed E-state index contributed by atoms with van der Waals surface area (Å²) in [5.41, 5.74) is 0. The van der Waals surface area contributed by atoms with Gasteiger partial charge < -0.3 is 10.0 Å². The number of aliphatic hydroxyl groups is 1. The Morgan fingerprint density at radius 2 is 2.47 bits per heavy atom. The normalized spacial score (nSPS) is 31.2. The number of thiazole rings is 1. The summed E-state index contributed by atoms with van der Waals surface area (Å²) in [7, 11) is 0. The first kappa shape index (κ1) is 9.60. The van der Waals surface area contributed by atoms with Crippen LogP contribution in [0.5, 0.6) is 0 Å². The molecule has 1 saturated carbocycles. The highest BCUT2D eigenvalue weighted by atomic mass is 32.1. The Morgan fingerprint density at radius 3 is 3.00 bits per heavy atom. The van der Waals surface area contributed by atoms with E-state index in [1.807, 2.05) is 6.20 Å². The van der Waals surface area contributed by atoms with Crippen LogP contribution in [-0.4, -0.2) is 22.7 Å². The Morgan fingerprint density at radius 1 is 1.60 bits per heavy atom. The van der Waals surface area contributed by atoms with Gasteiger partial charge in [0.15, 0.2) is 5.13 Å². The second-order valence-electron chi connectivity index (χ2n) is 4.71. The van der Waals surface area contributed by atoms with Crippen molar-refractivity contribution in [3.8, 4) is 0 Å². The van der Waals surface area contributed by atoms with Gasteiger partial charge in [-0.25, -0.2) is 4.98 Å². The molecule has 1 aromatic heterocycles. The molecule has 2 heterocycles. The second kappa shape index (κ2) is 3.46. The van der Waals surface area contributed by atoms with E-state index in [9.17, 15) is 5.11 Å². The number of anilines is 1. The van der Waals surface area contributed by atoms with E-state index in [2.05, 4.69) is 9.88 Å². The molecule has 1 saturated heterocycles. The van der Waals surface area contributed by atoms with E-state index in [0.29, 0.717) is 0 Å². The van der Waals surface area contributed by atoms with E-state index in [1.165, 1.54) is 25.8 Å². The summed E-state index contributed by atoms with van der Waals surface area (Å²) in [6.07, 6.45) is 5.51. The van der Waals surface area contributed by atoms with Crippen molar-refractivity contribution in [2.24, 2.45) is 5.92 Å². The molecule has 3 nitrogen and oxygen atoms in total. The fourth-order valence-electron chi connectivity index (χ4n) is 2.76. The van der Waals surface area contributed by atoms with Gasteiger partial charge in [0.1, 0.15) is 0 Å². The molecular formula is C11H16N2OS. The predicted octanol–water partition coefficient (Wildman–Crippen LogP) is 2.19. The first-order chi connectivity index (χ1) is 7.24. The maximum atomic E-state index is 9.46. The highest BCUT2D eigenvalue weighted by Gasteiger charge is 2.38. The number of aliphatic hydroxyl groups excluding tert-OH is 1. The lowest BCUT2D eigenvalue weighted by atomic mass is 10.1. The van der Waals surface area contributed by atoms with E-state index in [1.54, 1.807) is 18.3 Å². The highest BCUT2D eigenvalue weighted by Crippen LogP contribution is 2.41. The Labute approximate surface area is 93.8 Å². The lowest BCUT2D eigenvalue weighted by molar-refractivity contribution is 0.203. The molecule has 2 fully saturated rings. The van der Waals surface area contributed by atoms with Crippen LogP contribution in [0.25, 0.3) is 0 Å². The van der Waals surface area contributed by atoms with Gasteiger partial charge in [-0.2, -0.15) is 0 Å². The van der Waals surface area contributed by atoms with Gasteiger partial charge in [-0.1, -0.05) is 11.3 Å². The zero-order chi connectivity index (χ0) is 10.4. The third kappa shape index (κ3) is 1.56. The topological polar surface area (TPSA) is 36.4 Å². The number of piperidine rings is 1. The standard InChI is InChI=1S/C11H16N2OS/c1-7(14)10-5-12-11(15-10)13-6-8-2-3-9(13)4-8/h5,7-9,14H,2-4,6H2,1H3. The van der Waals surface area contributed by atoms with Crippen molar-refractivity contribution >= 4 is 16.5 Å². The number of fused-ring (bicyclic) bond motifs is 2. The van der Waals surface area contributed by atoms with Crippen molar-refractivity contribution < 1.29 is 5.11 Å². The maximum Gasteiger partial charge on any atom is 0.185 e.